The van der Waals surface area contributed by atoms with E-state index in [1.807, 2.05) is 0 Å². The average Bonchev–Trinajstić information content (AvgIpc) is 2.35. The molecule has 0 heterocycles. The number of nitriles is 1. The Hall–Kier alpha value is -2.27. The molecule has 0 amide bonds. The normalized spacial score (nSPS) is 10.7. The zero-order chi connectivity index (χ0) is 14.6. The number of carbonyl (C=O) groups is 1. The minimum atomic E-state index is -4.99. The molecule has 0 aliphatic heterocycles. The number of halogens is 3. The highest BCUT2D eigenvalue weighted by molar-refractivity contribution is 5.95. The molecule has 8 heteroatoms. The molecule has 1 aromatic carbocycles. The maximum absolute atomic E-state index is 12.2. The quantitative estimate of drug-likeness (QED) is 0.848. The van der Waals surface area contributed by atoms with Crippen molar-refractivity contribution in [1.82, 2.24) is 0 Å². The summed E-state index contributed by atoms with van der Waals surface area (Å²) in [5, 5.41) is 8.95. The number of hydrogen-bond acceptors (Lipinski definition) is 5. The summed E-state index contributed by atoms with van der Waals surface area (Å²) in [4.78, 5) is 11.5. The number of carbonyl (C=O) groups excluding carboxylic acids is 1. The molecule has 0 spiro atoms. The van der Waals surface area contributed by atoms with Crippen molar-refractivity contribution in [3.05, 3.63) is 28.8 Å². The SMILES string of the molecule is COC(=O)c1c(OC(F)(F)F)ccc(CN)c1C#N. The third kappa shape index (κ3) is 3.35. The second-order valence-corrected chi connectivity index (χ2v) is 3.33. The van der Waals surface area contributed by atoms with Crippen LogP contribution >= 0.6 is 0 Å². The molecular weight excluding hydrogens is 265 g/mol. The molecule has 2 N–H and O–H groups in total. The third-order valence-electron chi connectivity index (χ3n) is 2.20. The standard InChI is InChI=1S/C11H9F3N2O3/c1-18-10(17)9-7(5-16)6(4-15)2-3-8(9)19-11(12,13)14/h2-3H,4,15H2,1H3. The van der Waals surface area contributed by atoms with Crippen LogP contribution in [-0.4, -0.2) is 19.4 Å². The van der Waals surface area contributed by atoms with Crippen molar-refractivity contribution in [2.24, 2.45) is 5.73 Å². The Kier molecular flexibility index (Phi) is 4.34. The fourth-order valence-electron chi connectivity index (χ4n) is 1.44. The zero-order valence-corrected chi connectivity index (χ0v) is 9.75. The lowest BCUT2D eigenvalue weighted by Crippen LogP contribution is -2.20. The molecule has 0 saturated carbocycles. The van der Waals surface area contributed by atoms with E-state index in [9.17, 15) is 18.0 Å². The van der Waals surface area contributed by atoms with Crippen LogP contribution in [0, 0.1) is 11.3 Å². The van der Waals surface area contributed by atoms with Crippen LogP contribution in [0.4, 0.5) is 13.2 Å². The van der Waals surface area contributed by atoms with Gasteiger partial charge in [0.15, 0.2) is 0 Å². The number of rotatable bonds is 3. The van der Waals surface area contributed by atoms with E-state index in [0.717, 1.165) is 13.2 Å². The van der Waals surface area contributed by atoms with Gasteiger partial charge < -0.3 is 15.2 Å². The molecule has 0 aliphatic carbocycles. The fraction of sp³-hybridized carbons (Fsp3) is 0.273. The minimum Gasteiger partial charge on any atom is -0.465 e. The van der Waals surface area contributed by atoms with Gasteiger partial charge in [0.05, 0.1) is 12.7 Å². The first-order chi connectivity index (χ1) is 8.84. The van der Waals surface area contributed by atoms with Gasteiger partial charge >= 0.3 is 12.3 Å². The number of alkyl halides is 3. The van der Waals surface area contributed by atoms with E-state index in [0.29, 0.717) is 0 Å². The fourth-order valence-corrected chi connectivity index (χ4v) is 1.44. The van der Waals surface area contributed by atoms with Gasteiger partial charge in [-0.1, -0.05) is 6.07 Å². The molecule has 0 saturated heterocycles. The maximum atomic E-state index is 12.2. The summed E-state index contributed by atoms with van der Waals surface area (Å²) in [5.74, 6) is -1.90. The van der Waals surface area contributed by atoms with E-state index >= 15 is 0 Å². The molecule has 0 aromatic heterocycles. The van der Waals surface area contributed by atoms with E-state index in [1.165, 1.54) is 6.07 Å². The van der Waals surface area contributed by atoms with Crippen molar-refractivity contribution >= 4 is 5.97 Å². The number of methoxy groups -OCH3 is 1. The lowest BCUT2D eigenvalue weighted by Gasteiger charge is -2.14. The zero-order valence-electron chi connectivity index (χ0n) is 9.75. The largest absolute Gasteiger partial charge is 0.573 e. The maximum Gasteiger partial charge on any atom is 0.573 e. The van der Waals surface area contributed by atoms with Gasteiger partial charge in [-0.25, -0.2) is 4.79 Å². The van der Waals surface area contributed by atoms with Crippen LogP contribution in [-0.2, 0) is 11.3 Å². The highest BCUT2D eigenvalue weighted by atomic mass is 19.4. The van der Waals surface area contributed by atoms with E-state index < -0.39 is 23.6 Å². The second kappa shape index (κ2) is 5.58. The molecule has 0 aliphatic rings. The van der Waals surface area contributed by atoms with Crippen molar-refractivity contribution in [3.8, 4) is 11.8 Å². The summed E-state index contributed by atoms with van der Waals surface area (Å²) in [6.07, 6.45) is -4.99. The predicted octanol–water partition coefficient (Wildman–Crippen LogP) is 1.70. The number of hydrogen-bond donors (Lipinski definition) is 1. The Morgan fingerprint density at radius 3 is 2.53 bits per heavy atom. The summed E-state index contributed by atoms with van der Waals surface area (Å²) in [6.45, 7) is -0.112. The second-order valence-electron chi connectivity index (χ2n) is 3.33. The Labute approximate surface area is 106 Å². The number of esters is 1. The Morgan fingerprint density at radius 1 is 1.47 bits per heavy atom. The van der Waals surface area contributed by atoms with E-state index in [1.54, 1.807) is 6.07 Å². The van der Waals surface area contributed by atoms with Gasteiger partial charge in [-0.3, -0.25) is 0 Å². The molecule has 0 bridgehead atoms. The Bertz CT molecular complexity index is 535. The lowest BCUT2D eigenvalue weighted by molar-refractivity contribution is -0.274. The highest BCUT2D eigenvalue weighted by Gasteiger charge is 2.34. The van der Waals surface area contributed by atoms with E-state index in [4.69, 9.17) is 11.0 Å². The summed E-state index contributed by atoms with van der Waals surface area (Å²) in [7, 11) is 0.982. The average molecular weight is 274 g/mol. The minimum absolute atomic E-state index is 0.112. The monoisotopic (exact) mass is 274 g/mol. The topological polar surface area (TPSA) is 85.3 Å². The van der Waals surface area contributed by atoms with Crippen LogP contribution in [0.5, 0.6) is 5.75 Å². The van der Waals surface area contributed by atoms with Gasteiger partial charge in [0.2, 0.25) is 0 Å². The first kappa shape index (κ1) is 14.8. The molecule has 0 fully saturated rings. The van der Waals surface area contributed by atoms with Gasteiger partial charge in [0.1, 0.15) is 17.4 Å². The van der Waals surface area contributed by atoms with Gasteiger partial charge in [0, 0.05) is 6.54 Å². The van der Waals surface area contributed by atoms with Crippen molar-refractivity contribution in [3.63, 3.8) is 0 Å². The van der Waals surface area contributed by atoms with Crippen LogP contribution in [0.25, 0.3) is 0 Å². The Morgan fingerprint density at radius 2 is 2.11 bits per heavy atom. The van der Waals surface area contributed by atoms with Gasteiger partial charge in [-0.2, -0.15) is 5.26 Å². The predicted molar refractivity (Wildman–Crippen MR) is 57.1 cm³/mol. The molecule has 19 heavy (non-hydrogen) atoms. The van der Waals surface area contributed by atoms with Crippen molar-refractivity contribution in [1.29, 1.82) is 5.26 Å². The summed E-state index contributed by atoms with van der Waals surface area (Å²) >= 11 is 0. The molecular formula is C11H9F3N2O3. The van der Waals surface area contributed by atoms with Crippen LogP contribution in [0.1, 0.15) is 21.5 Å². The molecule has 1 aromatic rings. The first-order valence-electron chi connectivity index (χ1n) is 4.94. The lowest BCUT2D eigenvalue weighted by atomic mass is 10.0. The third-order valence-corrected chi connectivity index (χ3v) is 2.20. The summed E-state index contributed by atoms with van der Waals surface area (Å²) in [6, 6.07) is 3.73. The number of nitrogens with two attached hydrogens (primary N) is 1. The number of benzene rings is 1. The van der Waals surface area contributed by atoms with Gasteiger partial charge in [-0.05, 0) is 11.6 Å². The number of nitrogens with zero attached hydrogens (tertiary/aromatic N) is 1. The Balaban J connectivity index is 3.48. The molecule has 0 unspecified atom stereocenters. The molecule has 0 radical (unpaired) electrons. The summed E-state index contributed by atoms with van der Waals surface area (Å²) < 4.78 is 44.7. The van der Waals surface area contributed by atoms with Crippen LogP contribution in [0.2, 0.25) is 0 Å². The van der Waals surface area contributed by atoms with E-state index in [2.05, 4.69) is 9.47 Å². The van der Waals surface area contributed by atoms with Crippen LogP contribution < -0.4 is 10.5 Å². The highest BCUT2D eigenvalue weighted by Crippen LogP contribution is 2.30. The van der Waals surface area contributed by atoms with Crippen LogP contribution in [0.15, 0.2) is 12.1 Å². The molecule has 0 atom stereocenters. The molecule has 102 valence electrons. The molecule has 5 nitrogen and oxygen atoms in total. The smallest absolute Gasteiger partial charge is 0.465 e. The van der Waals surface area contributed by atoms with Crippen molar-refractivity contribution < 1.29 is 27.4 Å². The van der Waals surface area contributed by atoms with Crippen LogP contribution in [0.3, 0.4) is 0 Å². The number of ether oxygens (including phenoxy) is 2. The van der Waals surface area contributed by atoms with Crippen molar-refractivity contribution in [2.75, 3.05) is 7.11 Å². The van der Waals surface area contributed by atoms with E-state index in [-0.39, 0.29) is 17.7 Å². The summed E-state index contributed by atoms with van der Waals surface area (Å²) in [5.41, 5.74) is 4.68. The van der Waals surface area contributed by atoms with Gasteiger partial charge in [0.25, 0.3) is 0 Å². The van der Waals surface area contributed by atoms with Crippen molar-refractivity contribution in [2.45, 2.75) is 12.9 Å². The first-order valence-corrected chi connectivity index (χ1v) is 4.94. The molecule has 1 rings (SSSR count). The van der Waals surface area contributed by atoms with Gasteiger partial charge in [-0.15, -0.1) is 13.2 Å².